The van der Waals surface area contributed by atoms with Gasteiger partial charge in [-0.15, -0.1) is 0 Å². The van der Waals surface area contributed by atoms with E-state index in [2.05, 4.69) is 0 Å². The molecule has 8 heteroatoms. The number of aromatic carboxylic acids is 1. The molecule has 0 atom stereocenters. The van der Waals surface area contributed by atoms with E-state index in [1.54, 1.807) is 6.07 Å². The van der Waals surface area contributed by atoms with Gasteiger partial charge in [0.1, 0.15) is 0 Å². The molecule has 0 unspecified atom stereocenters. The Morgan fingerprint density at radius 2 is 1.86 bits per heavy atom. The molecule has 1 saturated heterocycles. The summed E-state index contributed by atoms with van der Waals surface area (Å²) in [6.07, 6.45) is -4.19. The number of hydrogen-bond donors (Lipinski definition) is 1. The van der Waals surface area contributed by atoms with Crippen molar-refractivity contribution in [2.75, 3.05) is 37.6 Å². The highest BCUT2D eigenvalue weighted by Gasteiger charge is 2.32. The number of nitrogens with zero attached hydrogens (tertiary/aromatic N) is 2. The minimum atomic E-state index is -4.19. The summed E-state index contributed by atoms with van der Waals surface area (Å²) in [6.45, 7) is 0.504. The molecule has 1 aliphatic heterocycles. The zero-order valence-electron chi connectivity index (χ0n) is 11.0. The van der Waals surface area contributed by atoms with E-state index >= 15 is 0 Å². The van der Waals surface area contributed by atoms with E-state index in [9.17, 15) is 18.0 Å². The van der Waals surface area contributed by atoms with Gasteiger partial charge in [-0.25, -0.2) is 4.79 Å². The van der Waals surface area contributed by atoms with Gasteiger partial charge in [-0.1, -0.05) is 11.6 Å². The third kappa shape index (κ3) is 4.25. The van der Waals surface area contributed by atoms with Crippen LogP contribution in [-0.2, 0) is 0 Å². The lowest BCUT2D eigenvalue weighted by Gasteiger charge is -2.36. The Kier molecular flexibility index (Phi) is 4.63. The van der Waals surface area contributed by atoms with E-state index in [0.717, 1.165) is 0 Å². The average Bonchev–Trinajstić information content (AvgIpc) is 2.38. The third-order valence-electron chi connectivity index (χ3n) is 3.31. The standard InChI is InChI=1S/C13H14ClF3N2O2/c14-10-7-9(12(20)21)1-2-11(10)19-5-3-18(4-6-19)8-13(15,16)17/h1-2,7H,3-6,8H2,(H,20,21). The monoisotopic (exact) mass is 322 g/mol. The van der Waals surface area contributed by atoms with E-state index in [4.69, 9.17) is 16.7 Å². The fourth-order valence-electron chi connectivity index (χ4n) is 2.30. The number of anilines is 1. The molecule has 1 aromatic rings. The molecule has 2 rings (SSSR count). The van der Waals surface area contributed by atoms with Crippen molar-refractivity contribution in [3.05, 3.63) is 28.8 Å². The van der Waals surface area contributed by atoms with Gasteiger partial charge in [0.15, 0.2) is 0 Å². The van der Waals surface area contributed by atoms with Crippen LogP contribution in [0.3, 0.4) is 0 Å². The number of halogens is 4. The molecule has 1 N–H and O–H groups in total. The SMILES string of the molecule is O=C(O)c1ccc(N2CCN(CC(F)(F)F)CC2)c(Cl)c1. The summed E-state index contributed by atoms with van der Waals surface area (Å²) in [7, 11) is 0. The molecule has 0 amide bonds. The van der Waals surface area contributed by atoms with Gasteiger partial charge in [-0.2, -0.15) is 13.2 Å². The Morgan fingerprint density at radius 1 is 1.24 bits per heavy atom. The van der Waals surface area contributed by atoms with Gasteiger partial charge in [-0.05, 0) is 18.2 Å². The number of carbonyl (C=O) groups is 1. The maximum absolute atomic E-state index is 12.3. The highest BCUT2D eigenvalue weighted by Crippen LogP contribution is 2.28. The molecule has 0 saturated carbocycles. The van der Waals surface area contributed by atoms with Crippen molar-refractivity contribution in [3.63, 3.8) is 0 Å². The summed E-state index contributed by atoms with van der Waals surface area (Å²) in [5, 5.41) is 9.16. The number of carboxylic acid groups (broad SMARTS) is 1. The first kappa shape index (κ1) is 15.9. The molecule has 4 nitrogen and oxygen atoms in total. The predicted molar refractivity (Wildman–Crippen MR) is 73.1 cm³/mol. The molecule has 1 aliphatic rings. The number of benzene rings is 1. The summed E-state index contributed by atoms with van der Waals surface area (Å²) >= 11 is 6.05. The van der Waals surface area contributed by atoms with Crippen LogP contribution >= 0.6 is 11.6 Å². The second kappa shape index (κ2) is 6.11. The molecular weight excluding hydrogens is 309 g/mol. The molecule has 0 radical (unpaired) electrons. The Hall–Kier alpha value is -1.47. The van der Waals surface area contributed by atoms with E-state index < -0.39 is 18.7 Å². The first-order valence-electron chi connectivity index (χ1n) is 6.33. The normalized spacial score (nSPS) is 17.0. The number of hydrogen-bond acceptors (Lipinski definition) is 3. The minimum Gasteiger partial charge on any atom is -0.478 e. The van der Waals surface area contributed by atoms with Crippen molar-refractivity contribution in [2.45, 2.75) is 6.18 Å². The molecule has 0 aliphatic carbocycles. The van der Waals surface area contributed by atoms with E-state index in [0.29, 0.717) is 23.8 Å². The third-order valence-corrected chi connectivity index (χ3v) is 3.61. The van der Waals surface area contributed by atoms with Crippen molar-refractivity contribution in [3.8, 4) is 0 Å². The lowest BCUT2D eigenvalue weighted by Crippen LogP contribution is -2.49. The molecule has 0 aromatic heterocycles. The van der Waals surface area contributed by atoms with Gasteiger partial charge in [0.25, 0.3) is 0 Å². The lowest BCUT2D eigenvalue weighted by molar-refractivity contribution is -0.146. The zero-order valence-corrected chi connectivity index (χ0v) is 11.8. The maximum Gasteiger partial charge on any atom is 0.401 e. The molecule has 0 spiro atoms. The fraction of sp³-hybridized carbons (Fsp3) is 0.462. The number of rotatable bonds is 3. The van der Waals surface area contributed by atoms with Crippen LogP contribution in [0.15, 0.2) is 18.2 Å². The lowest BCUT2D eigenvalue weighted by atomic mass is 10.2. The van der Waals surface area contributed by atoms with Crippen LogP contribution in [0.5, 0.6) is 0 Å². The van der Waals surface area contributed by atoms with Crippen LogP contribution in [0, 0.1) is 0 Å². The van der Waals surface area contributed by atoms with Crippen molar-refractivity contribution in [1.82, 2.24) is 4.90 Å². The molecule has 116 valence electrons. The van der Waals surface area contributed by atoms with Gasteiger partial charge in [0.2, 0.25) is 0 Å². The van der Waals surface area contributed by atoms with Crippen LogP contribution in [0.2, 0.25) is 5.02 Å². The van der Waals surface area contributed by atoms with Crippen molar-refractivity contribution in [2.24, 2.45) is 0 Å². The number of piperazine rings is 1. The summed E-state index contributed by atoms with van der Waals surface area (Å²) in [6, 6.07) is 4.37. The summed E-state index contributed by atoms with van der Waals surface area (Å²) in [4.78, 5) is 14.0. The van der Waals surface area contributed by atoms with E-state index in [1.165, 1.54) is 17.0 Å². The van der Waals surface area contributed by atoms with Crippen LogP contribution < -0.4 is 4.90 Å². The molecular formula is C13H14ClF3N2O2. The quantitative estimate of drug-likeness (QED) is 0.929. The van der Waals surface area contributed by atoms with Crippen LogP contribution in [0.1, 0.15) is 10.4 Å². The highest BCUT2D eigenvalue weighted by atomic mass is 35.5. The summed E-state index contributed by atoms with van der Waals surface area (Å²) in [5.41, 5.74) is 0.729. The largest absolute Gasteiger partial charge is 0.478 e. The summed E-state index contributed by atoms with van der Waals surface area (Å²) in [5.74, 6) is -1.07. The zero-order chi connectivity index (χ0) is 15.6. The van der Waals surface area contributed by atoms with Gasteiger partial charge < -0.3 is 10.0 Å². The Labute approximate surface area is 124 Å². The van der Waals surface area contributed by atoms with Crippen LogP contribution in [-0.4, -0.2) is 54.9 Å². The second-order valence-corrected chi connectivity index (χ2v) is 5.26. The van der Waals surface area contributed by atoms with Gasteiger partial charge >= 0.3 is 12.1 Å². The van der Waals surface area contributed by atoms with E-state index in [1.807, 2.05) is 4.90 Å². The highest BCUT2D eigenvalue weighted by molar-refractivity contribution is 6.33. The van der Waals surface area contributed by atoms with Crippen molar-refractivity contribution < 1.29 is 23.1 Å². The minimum absolute atomic E-state index is 0.0828. The summed E-state index contributed by atoms with van der Waals surface area (Å²) < 4.78 is 36.9. The molecule has 1 heterocycles. The van der Waals surface area contributed by atoms with Gasteiger partial charge in [-0.3, -0.25) is 4.90 Å². The van der Waals surface area contributed by atoms with Gasteiger partial charge in [0, 0.05) is 26.2 Å². The predicted octanol–water partition coefficient (Wildman–Crippen LogP) is 2.72. The number of carboxylic acids is 1. The fourth-order valence-corrected chi connectivity index (χ4v) is 2.60. The first-order valence-corrected chi connectivity index (χ1v) is 6.71. The Balaban J connectivity index is 2.01. The topological polar surface area (TPSA) is 43.8 Å². The van der Waals surface area contributed by atoms with Crippen LogP contribution in [0.25, 0.3) is 0 Å². The van der Waals surface area contributed by atoms with Crippen LogP contribution in [0.4, 0.5) is 18.9 Å². The molecule has 0 bridgehead atoms. The average molecular weight is 323 g/mol. The smallest absolute Gasteiger partial charge is 0.401 e. The second-order valence-electron chi connectivity index (χ2n) is 4.85. The molecule has 1 fully saturated rings. The number of alkyl halides is 3. The molecule has 21 heavy (non-hydrogen) atoms. The Bertz CT molecular complexity index is 529. The Morgan fingerprint density at radius 3 is 2.33 bits per heavy atom. The first-order chi connectivity index (χ1) is 9.76. The van der Waals surface area contributed by atoms with Crippen molar-refractivity contribution >= 4 is 23.3 Å². The van der Waals surface area contributed by atoms with Gasteiger partial charge in [0.05, 0.1) is 22.8 Å². The van der Waals surface area contributed by atoms with E-state index in [-0.39, 0.29) is 18.7 Å². The maximum atomic E-state index is 12.3. The van der Waals surface area contributed by atoms with Crippen molar-refractivity contribution in [1.29, 1.82) is 0 Å². The molecule has 1 aromatic carbocycles.